The molecule has 0 bridgehead atoms. The summed E-state index contributed by atoms with van der Waals surface area (Å²) in [4.78, 5) is 46.2. The number of aromatic nitrogens is 4. The summed E-state index contributed by atoms with van der Waals surface area (Å²) in [6.07, 6.45) is 2.66. The van der Waals surface area contributed by atoms with Gasteiger partial charge >= 0.3 is 5.69 Å². The van der Waals surface area contributed by atoms with Crippen molar-refractivity contribution in [1.82, 2.24) is 24.0 Å². The molecule has 28 heavy (non-hydrogen) atoms. The third-order valence-electron chi connectivity index (χ3n) is 5.31. The average Bonchev–Trinajstić information content (AvgIpc) is 3.12. The summed E-state index contributed by atoms with van der Waals surface area (Å²) < 4.78 is 15.5. The van der Waals surface area contributed by atoms with Crippen LogP contribution >= 0.6 is 0 Å². The SMILES string of the molecule is Cn1cc(C(=O)N2CCC(c3nc4ccc(F)cc4[nH]3)CC2)c(=O)n(C)c1=O. The summed E-state index contributed by atoms with van der Waals surface area (Å²) in [5.74, 6) is 0.219. The maximum atomic E-state index is 13.4. The van der Waals surface area contributed by atoms with E-state index >= 15 is 0 Å². The third kappa shape index (κ3) is 3.02. The van der Waals surface area contributed by atoms with Crippen molar-refractivity contribution in [2.75, 3.05) is 13.1 Å². The molecule has 1 N–H and O–H groups in total. The molecule has 2 aromatic heterocycles. The second kappa shape index (κ2) is 6.74. The van der Waals surface area contributed by atoms with Gasteiger partial charge in [0.1, 0.15) is 17.2 Å². The molecule has 0 radical (unpaired) electrons. The van der Waals surface area contributed by atoms with Crippen molar-refractivity contribution in [3.8, 4) is 0 Å². The quantitative estimate of drug-likeness (QED) is 0.715. The monoisotopic (exact) mass is 385 g/mol. The first kappa shape index (κ1) is 18.1. The van der Waals surface area contributed by atoms with Crippen LogP contribution in [0.5, 0.6) is 0 Å². The Balaban J connectivity index is 1.51. The summed E-state index contributed by atoms with van der Waals surface area (Å²) in [5.41, 5.74) is 0.296. The lowest BCUT2D eigenvalue weighted by molar-refractivity contribution is 0.0707. The van der Waals surface area contributed by atoms with Gasteiger partial charge in [-0.15, -0.1) is 0 Å². The van der Waals surface area contributed by atoms with E-state index in [9.17, 15) is 18.8 Å². The van der Waals surface area contributed by atoms with Gasteiger partial charge in [0.2, 0.25) is 0 Å². The fraction of sp³-hybridized carbons (Fsp3) is 0.368. The molecule has 1 aliphatic heterocycles. The molecule has 1 aliphatic rings. The van der Waals surface area contributed by atoms with Crippen LogP contribution in [0, 0.1) is 5.82 Å². The van der Waals surface area contributed by atoms with Crippen LogP contribution in [0.4, 0.5) is 4.39 Å². The van der Waals surface area contributed by atoms with Crippen LogP contribution in [0.1, 0.15) is 34.9 Å². The number of likely N-dealkylation sites (tertiary alicyclic amines) is 1. The number of piperidine rings is 1. The Morgan fingerprint density at radius 2 is 1.93 bits per heavy atom. The first-order valence-corrected chi connectivity index (χ1v) is 9.06. The minimum Gasteiger partial charge on any atom is -0.342 e. The van der Waals surface area contributed by atoms with Gasteiger partial charge in [0.05, 0.1) is 11.0 Å². The number of aryl methyl sites for hydroxylation is 1. The Morgan fingerprint density at radius 1 is 1.21 bits per heavy atom. The number of fused-ring (bicyclic) bond motifs is 1. The van der Waals surface area contributed by atoms with E-state index in [0.717, 1.165) is 10.4 Å². The molecule has 3 aromatic rings. The highest BCUT2D eigenvalue weighted by Crippen LogP contribution is 2.28. The van der Waals surface area contributed by atoms with Gasteiger partial charge < -0.3 is 14.5 Å². The molecule has 0 spiro atoms. The molecular weight excluding hydrogens is 365 g/mol. The van der Waals surface area contributed by atoms with Crippen LogP contribution in [-0.4, -0.2) is 43.0 Å². The molecule has 0 saturated carbocycles. The number of benzene rings is 1. The lowest BCUT2D eigenvalue weighted by Crippen LogP contribution is -2.45. The summed E-state index contributed by atoms with van der Waals surface area (Å²) in [6.45, 7) is 0.946. The van der Waals surface area contributed by atoms with Gasteiger partial charge in [-0.25, -0.2) is 14.2 Å². The third-order valence-corrected chi connectivity index (χ3v) is 5.31. The fourth-order valence-corrected chi connectivity index (χ4v) is 3.68. The van der Waals surface area contributed by atoms with Crippen molar-refractivity contribution in [1.29, 1.82) is 0 Å². The van der Waals surface area contributed by atoms with Gasteiger partial charge in [-0.05, 0) is 31.0 Å². The maximum absolute atomic E-state index is 13.4. The molecule has 0 atom stereocenters. The number of nitrogens with zero attached hydrogens (tertiary/aromatic N) is 4. The van der Waals surface area contributed by atoms with Crippen molar-refractivity contribution in [3.05, 3.63) is 62.4 Å². The van der Waals surface area contributed by atoms with Crippen LogP contribution in [0.3, 0.4) is 0 Å². The second-order valence-electron chi connectivity index (χ2n) is 7.15. The number of aromatic amines is 1. The van der Waals surface area contributed by atoms with Crippen LogP contribution in [0.2, 0.25) is 0 Å². The number of hydrogen-bond donors (Lipinski definition) is 1. The molecule has 3 heterocycles. The Morgan fingerprint density at radius 3 is 2.64 bits per heavy atom. The van der Waals surface area contributed by atoms with E-state index in [-0.39, 0.29) is 23.2 Å². The average molecular weight is 385 g/mol. The number of hydrogen-bond acceptors (Lipinski definition) is 4. The Labute approximate surface area is 159 Å². The zero-order valence-electron chi connectivity index (χ0n) is 15.6. The van der Waals surface area contributed by atoms with Gasteiger partial charge in [-0.1, -0.05) is 0 Å². The summed E-state index contributed by atoms with van der Waals surface area (Å²) in [6, 6.07) is 4.43. The van der Waals surface area contributed by atoms with Crippen LogP contribution < -0.4 is 11.2 Å². The standard InChI is InChI=1S/C19H20FN5O3/c1-23-10-13(17(26)24(2)19(23)28)18(27)25-7-5-11(6-8-25)16-21-14-4-3-12(20)9-15(14)22-16/h3-4,9-11H,5-8H2,1-2H3,(H,21,22). The number of amides is 1. The summed E-state index contributed by atoms with van der Waals surface area (Å²) >= 11 is 0. The number of H-pyrrole nitrogens is 1. The van der Waals surface area contributed by atoms with Crippen LogP contribution in [0.25, 0.3) is 11.0 Å². The minimum atomic E-state index is -0.588. The number of carbonyl (C=O) groups excluding carboxylic acids is 1. The van der Waals surface area contributed by atoms with E-state index in [1.54, 1.807) is 11.0 Å². The van der Waals surface area contributed by atoms with Crippen LogP contribution in [0.15, 0.2) is 34.0 Å². The normalized spacial score (nSPS) is 15.3. The van der Waals surface area contributed by atoms with E-state index in [1.807, 2.05) is 0 Å². The van der Waals surface area contributed by atoms with Gasteiger partial charge in [-0.3, -0.25) is 14.2 Å². The molecule has 1 amide bonds. The van der Waals surface area contributed by atoms with Gasteiger partial charge in [0.15, 0.2) is 0 Å². The first-order valence-electron chi connectivity index (χ1n) is 9.06. The Kier molecular flexibility index (Phi) is 4.37. The molecule has 4 rings (SSSR count). The summed E-state index contributed by atoms with van der Waals surface area (Å²) in [7, 11) is 2.87. The molecule has 0 unspecified atom stereocenters. The first-order chi connectivity index (χ1) is 13.3. The van der Waals surface area contributed by atoms with Crippen molar-refractivity contribution in [2.45, 2.75) is 18.8 Å². The number of nitrogens with one attached hydrogen (secondary N) is 1. The van der Waals surface area contributed by atoms with Gasteiger partial charge in [-0.2, -0.15) is 0 Å². The highest BCUT2D eigenvalue weighted by molar-refractivity contribution is 5.93. The molecule has 1 saturated heterocycles. The summed E-state index contributed by atoms with van der Waals surface area (Å²) in [5, 5.41) is 0. The number of halogens is 1. The zero-order valence-corrected chi connectivity index (χ0v) is 15.6. The van der Waals surface area contributed by atoms with E-state index < -0.39 is 11.2 Å². The topological polar surface area (TPSA) is 93.0 Å². The van der Waals surface area contributed by atoms with E-state index in [0.29, 0.717) is 37.0 Å². The highest BCUT2D eigenvalue weighted by Gasteiger charge is 2.28. The predicted molar refractivity (Wildman–Crippen MR) is 101 cm³/mol. The van der Waals surface area contributed by atoms with E-state index in [1.165, 1.54) is 37.0 Å². The zero-order chi connectivity index (χ0) is 20.0. The number of rotatable bonds is 2. The Bertz CT molecular complexity index is 1180. The largest absolute Gasteiger partial charge is 0.342 e. The highest BCUT2D eigenvalue weighted by atomic mass is 19.1. The Hall–Kier alpha value is -3.23. The molecule has 9 heteroatoms. The van der Waals surface area contributed by atoms with E-state index in [4.69, 9.17) is 0 Å². The molecule has 0 aliphatic carbocycles. The van der Waals surface area contributed by atoms with Crippen molar-refractivity contribution in [2.24, 2.45) is 14.1 Å². The molecule has 146 valence electrons. The van der Waals surface area contributed by atoms with Crippen molar-refractivity contribution >= 4 is 16.9 Å². The molecule has 1 fully saturated rings. The molecular formula is C19H20FN5O3. The molecule has 1 aromatic carbocycles. The van der Waals surface area contributed by atoms with Gasteiger partial charge in [0, 0.05) is 39.3 Å². The predicted octanol–water partition coefficient (Wildman–Crippen LogP) is 1.12. The molecule has 8 nitrogen and oxygen atoms in total. The van der Waals surface area contributed by atoms with Crippen molar-refractivity contribution in [3.63, 3.8) is 0 Å². The van der Waals surface area contributed by atoms with Crippen molar-refractivity contribution < 1.29 is 9.18 Å². The maximum Gasteiger partial charge on any atom is 0.330 e. The second-order valence-corrected chi connectivity index (χ2v) is 7.15. The lowest BCUT2D eigenvalue weighted by atomic mass is 9.96. The fourth-order valence-electron chi connectivity index (χ4n) is 3.68. The van der Waals surface area contributed by atoms with Crippen LogP contribution in [-0.2, 0) is 14.1 Å². The smallest absolute Gasteiger partial charge is 0.330 e. The number of carbonyl (C=O) groups is 1. The minimum absolute atomic E-state index is 0.0118. The number of imidazole rings is 1. The van der Waals surface area contributed by atoms with Gasteiger partial charge in [0.25, 0.3) is 11.5 Å². The lowest BCUT2D eigenvalue weighted by Gasteiger charge is -2.31. The van der Waals surface area contributed by atoms with E-state index in [2.05, 4.69) is 9.97 Å².